The lowest BCUT2D eigenvalue weighted by Gasteiger charge is -2.06. The van der Waals surface area contributed by atoms with Crippen molar-refractivity contribution >= 4 is 23.3 Å². The van der Waals surface area contributed by atoms with Crippen LogP contribution in [0.3, 0.4) is 0 Å². The second-order valence-corrected chi connectivity index (χ2v) is 5.98. The Balaban J connectivity index is 1.89. The van der Waals surface area contributed by atoms with Crippen molar-refractivity contribution in [3.8, 4) is 5.75 Å². The van der Waals surface area contributed by atoms with E-state index >= 15 is 0 Å². The molecule has 0 fully saturated rings. The molecule has 0 saturated carbocycles. The number of nitrogens with zero attached hydrogens (tertiary/aromatic N) is 1. The standard InChI is InChI=1S/C18H16ClN3O3/c1-11-13(10-12-6-2-3-7-14(12)19)17(24)22(21-11)18(25)20-15-8-4-5-9-16(15)23/h2-9,21,23H,10H2,1H3,(H,20,25). The molecule has 0 atom stereocenters. The van der Waals surface area contributed by atoms with Gasteiger partial charge in [0.25, 0.3) is 5.56 Å². The molecular formula is C18H16ClN3O3. The Kier molecular flexibility index (Phi) is 4.63. The molecule has 2 aromatic carbocycles. The molecule has 0 radical (unpaired) electrons. The summed E-state index contributed by atoms with van der Waals surface area (Å²) in [4.78, 5) is 24.9. The summed E-state index contributed by atoms with van der Waals surface area (Å²) in [6.45, 7) is 1.72. The molecule has 0 bridgehead atoms. The summed E-state index contributed by atoms with van der Waals surface area (Å²) in [5.41, 5.74) is 1.61. The molecule has 0 aliphatic heterocycles. The minimum absolute atomic E-state index is 0.0801. The fourth-order valence-corrected chi connectivity index (χ4v) is 2.72. The van der Waals surface area contributed by atoms with Crippen molar-refractivity contribution in [2.45, 2.75) is 13.3 Å². The number of hydrogen-bond acceptors (Lipinski definition) is 3. The van der Waals surface area contributed by atoms with Gasteiger partial charge < -0.3 is 10.4 Å². The molecule has 1 amide bonds. The first-order valence-corrected chi connectivity index (χ1v) is 7.98. The van der Waals surface area contributed by atoms with Crippen LogP contribution in [0, 0.1) is 6.92 Å². The summed E-state index contributed by atoms with van der Waals surface area (Å²) < 4.78 is 0.883. The van der Waals surface area contributed by atoms with Gasteiger partial charge >= 0.3 is 6.03 Å². The third-order valence-electron chi connectivity index (χ3n) is 3.87. The highest BCUT2D eigenvalue weighted by molar-refractivity contribution is 6.31. The monoisotopic (exact) mass is 357 g/mol. The van der Waals surface area contributed by atoms with Gasteiger partial charge in [0.2, 0.25) is 0 Å². The SMILES string of the molecule is Cc1[nH]n(C(=O)Nc2ccccc2O)c(=O)c1Cc1ccccc1Cl. The largest absolute Gasteiger partial charge is 0.506 e. The van der Waals surface area contributed by atoms with E-state index in [1.165, 1.54) is 6.07 Å². The van der Waals surface area contributed by atoms with Gasteiger partial charge in [-0.05, 0) is 30.7 Å². The van der Waals surface area contributed by atoms with E-state index in [-0.39, 0.29) is 11.4 Å². The Morgan fingerprint density at radius 1 is 1.20 bits per heavy atom. The lowest BCUT2D eigenvalue weighted by Crippen LogP contribution is -2.30. The first-order chi connectivity index (χ1) is 12.0. The van der Waals surface area contributed by atoms with Gasteiger partial charge in [0.1, 0.15) is 5.75 Å². The molecule has 7 heteroatoms. The van der Waals surface area contributed by atoms with Gasteiger partial charge in [-0.2, -0.15) is 4.68 Å². The van der Waals surface area contributed by atoms with E-state index in [9.17, 15) is 14.7 Å². The lowest BCUT2D eigenvalue weighted by atomic mass is 10.1. The van der Waals surface area contributed by atoms with Gasteiger partial charge in [-0.25, -0.2) is 4.79 Å². The number of benzene rings is 2. The number of phenols is 1. The van der Waals surface area contributed by atoms with Crippen LogP contribution in [0.15, 0.2) is 53.3 Å². The van der Waals surface area contributed by atoms with Crippen molar-refractivity contribution in [3.05, 3.63) is 80.7 Å². The molecule has 6 nitrogen and oxygen atoms in total. The number of aromatic hydroxyl groups is 1. The summed E-state index contributed by atoms with van der Waals surface area (Å²) in [6.07, 6.45) is 0.317. The van der Waals surface area contributed by atoms with Crippen LogP contribution in [0.25, 0.3) is 0 Å². The molecule has 0 saturated heterocycles. The van der Waals surface area contributed by atoms with Crippen molar-refractivity contribution in [3.63, 3.8) is 0 Å². The first-order valence-electron chi connectivity index (χ1n) is 7.60. The molecule has 1 heterocycles. The topological polar surface area (TPSA) is 87.1 Å². The summed E-state index contributed by atoms with van der Waals surface area (Å²) in [6, 6.07) is 12.8. The quantitative estimate of drug-likeness (QED) is 0.627. The second-order valence-electron chi connectivity index (χ2n) is 5.57. The van der Waals surface area contributed by atoms with E-state index in [1.807, 2.05) is 18.2 Å². The Hall–Kier alpha value is -2.99. The molecule has 0 spiro atoms. The minimum Gasteiger partial charge on any atom is -0.506 e. The van der Waals surface area contributed by atoms with Crippen molar-refractivity contribution in [1.29, 1.82) is 0 Å². The molecule has 3 aromatic rings. The van der Waals surface area contributed by atoms with Gasteiger partial charge in [-0.15, -0.1) is 0 Å². The molecule has 0 unspecified atom stereocenters. The van der Waals surface area contributed by atoms with E-state index < -0.39 is 11.6 Å². The van der Waals surface area contributed by atoms with Crippen LogP contribution in [0.1, 0.15) is 16.8 Å². The molecule has 0 aliphatic carbocycles. The number of H-pyrrole nitrogens is 1. The average Bonchev–Trinajstić information content (AvgIpc) is 2.87. The number of para-hydroxylation sites is 2. The number of anilines is 1. The van der Waals surface area contributed by atoms with Crippen LogP contribution in [-0.2, 0) is 6.42 Å². The van der Waals surface area contributed by atoms with Crippen LogP contribution >= 0.6 is 11.6 Å². The average molecular weight is 358 g/mol. The van der Waals surface area contributed by atoms with Crippen molar-refractivity contribution in [2.24, 2.45) is 0 Å². The normalized spacial score (nSPS) is 10.6. The minimum atomic E-state index is -0.681. The summed E-state index contributed by atoms with van der Waals surface area (Å²) in [7, 11) is 0. The number of rotatable bonds is 3. The molecular weight excluding hydrogens is 342 g/mol. The van der Waals surface area contributed by atoms with Crippen LogP contribution < -0.4 is 10.9 Å². The number of carbonyl (C=O) groups is 1. The highest BCUT2D eigenvalue weighted by Gasteiger charge is 2.18. The molecule has 0 aliphatic rings. The molecule has 25 heavy (non-hydrogen) atoms. The number of halogens is 1. The van der Waals surface area contributed by atoms with Crippen LogP contribution in [-0.4, -0.2) is 20.9 Å². The first kappa shape index (κ1) is 16.9. The van der Waals surface area contributed by atoms with E-state index in [2.05, 4.69) is 10.4 Å². The Labute approximate surface area is 148 Å². The number of aryl methyl sites for hydroxylation is 1. The van der Waals surface area contributed by atoms with Gasteiger partial charge in [0, 0.05) is 22.7 Å². The number of phenolic OH excluding ortho intramolecular Hbond substituents is 1. The van der Waals surface area contributed by atoms with Gasteiger partial charge in [0.05, 0.1) is 5.69 Å². The molecule has 3 rings (SSSR count). The highest BCUT2D eigenvalue weighted by atomic mass is 35.5. The molecule has 3 N–H and O–H groups in total. The molecule has 128 valence electrons. The van der Waals surface area contributed by atoms with Crippen molar-refractivity contribution < 1.29 is 9.90 Å². The smallest absolute Gasteiger partial charge is 0.348 e. The van der Waals surface area contributed by atoms with Crippen LogP contribution in [0.5, 0.6) is 5.75 Å². The predicted octanol–water partition coefficient (Wildman–Crippen LogP) is 3.51. The fourth-order valence-electron chi connectivity index (χ4n) is 2.52. The summed E-state index contributed by atoms with van der Waals surface area (Å²) >= 11 is 6.15. The third kappa shape index (κ3) is 3.44. The van der Waals surface area contributed by atoms with Crippen molar-refractivity contribution in [1.82, 2.24) is 9.78 Å². The zero-order chi connectivity index (χ0) is 18.0. The van der Waals surface area contributed by atoms with Gasteiger partial charge in [-0.3, -0.25) is 9.89 Å². The predicted molar refractivity (Wildman–Crippen MR) is 96.6 cm³/mol. The number of aromatic amines is 1. The maximum atomic E-state index is 12.6. The maximum absolute atomic E-state index is 12.6. The van der Waals surface area contributed by atoms with Crippen molar-refractivity contribution in [2.75, 3.05) is 5.32 Å². The second kappa shape index (κ2) is 6.86. The maximum Gasteiger partial charge on any atom is 0.348 e. The number of nitrogens with one attached hydrogen (secondary N) is 2. The van der Waals surface area contributed by atoms with Gasteiger partial charge in [-0.1, -0.05) is 41.9 Å². The highest BCUT2D eigenvalue weighted by Crippen LogP contribution is 2.22. The summed E-state index contributed by atoms with van der Waals surface area (Å²) in [5.74, 6) is -0.0801. The zero-order valence-corrected chi connectivity index (χ0v) is 14.2. The van der Waals surface area contributed by atoms with E-state index in [1.54, 1.807) is 31.2 Å². The van der Waals surface area contributed by atoms with E-state index in [4.69, 9.17) is 11.6 Å². The Morgan fingerprint density at radius 3 is 2.60 bits per heavy atom. The number of carbonyl (C=O) groups excluding carboxylic acids is 1. The van der Waals surface area contributed by atoms with Gasteiger partial charge in [0.15, 0.2) is 0 Å². The van der Waals surface area contributed by atoms with E-state index in [0.29, 0.717) is 22.7 Å². The number of aromatic nitrogens is 2. The number of hydrogen-bond donors (Lipinski definition) is 3. The van der Waals surface area contributed by atoms with E-state index in [0.717, 1.165) is 10.2 Å². The number of amides is 1. The fraction of sp³-hybridized carbons (Fsp3) is 0.111. The Morgan fingerprint density at radius 2 is 1.88 bits per heavy atom. The lowest BCUT2D eigenvalue weighted by molar-refractivity contribution is 0.250. The Bertz CT molecular complexity index is 991. The summed E-state index contributed by atoms with van der Waals surface area (Å²) in [5, 5.41) is 15.6. The zero-order valence-electron chi connectivity index (χ0n) is 13.4. The third-order valence-corrected chi connectivity index (χ3v) is 4.24. The molecule has 1 aromatic heterocycles. The van der Waals surface area contributed by atoms with Crippen LogP contribution in [0.2, 0.25) is 5.02 Å². The van der Waals surface area contributed by atoms with Crippen LogP contribution in [0.4, 0.5) is 10.5 Å².